The number of rotatable bonds is 1. The van der Waals surface area contributed by atoms with Gasteiger partial charge in [-0.2, -0.15) is 0 Å². The van der Waals surface area contributed by atoms with Crippen molar-refractivity contribution in [1.29, 1.82) is 0 Å². The van der Waals surface area contributed by atoms with Gasteiger partial charge < -0.3 is 5.11 Å². The van der Waals surface area contributed by atoms with Crippen LogP contribution in [0.5, 0.6) is 5.75 Å². The molecular weight excluding hydrogens is 213 g/mol. The van der Waals surface area contributed by atoms with Crippen LogP contribution in [0.15, 0.2) is 53.6 Å². The van der Waals surface area contributed by atoms with Gasteiger partial charge in [-0.05, 0) is 48.6 Å². The van der Waals surface area contributed by atoms with Gasteiger partial charge in [0.05, 0.1) is 11.4 Å². The van der Waals surface area contributed by atoms with E-state index >= 15 is 0 Å². The van der Waals surface area contributed by atoms with Crippen molar-refractivity contribution in [3.63, 3.8) is 0 Å². The van der Waals surface area contributed by atoms with E-state index in [-0.39, 0.29) is 41.1 Å². The monoisotopic (exact) mass is 223 g/mol. The van der Waals surface area contributed by atoms with Crippen LogP contribution in [0.1, 0.15) is 0 Å². The molecule has 0 fully saturated rings. The molecule has 0 spiro atoms. The second-order valence-electron chi connectivity index (χ2n) is 3.12. The first kappa shape index (κ1) is 12.9. The Kier molecular flexibility index (Phi) is 4.68. The summed E-state index contributed by atoms with van der Waals surface area (Å²) in [6.45, 7) is 0. The number of aromatic hydroxyl groups is 1. The van der Waals surface area contributed by atoms with E-state index in [9.17, 15) is 4.79 Å². The molecule has 0 radical (unpaired) electrons. The average molecular weight is 223 g/mol. The molecular formula is C12H10NNaO2. The minimum absolute atomic E-state index is 0. The Labute approximate surface area is 116 Å². The summed E-state index contributed by atoms with van der Waals surface area (Å²) in [5.74, 6) is 0.184. The molecule has 0 aliphatic heterocycles. The fourth-order valence-electron chi connectivity index (χ4n) is 1.20. The minimum atomic E-state index is -0.0281. The number of phenols is 1. The second kappa shape index (κ2) is 5.80. The van der Waals surface area contributed by atoms with Gasteiger partial charge in [-0.1, -0.05) is 0 Å². The van der Waals surface area contributed by atoms with E-state index in [4.69, 9.17) is 5.11 Å². The van der Waals surface area contributed by atoms with Crippen LogP contribution < -0.4 is 0 Å². The van der Waals surface area contributed by atoms with Gasteiger partial charge in [0.15, 0.2) is 5.78 Å². The summed E-state index contributed by atoms with van der Waals surface area (Å²) in [4.78, 5) is 15.1. The molecule has 1 aromatic rings. The Morgan fingerprint density at radius 1 is 0.938 bits per heavy atom. The van der Waals surface area contributed by atoms with Crippen LogP contribution in [0.25, 0.3) is 0 Å². The molecule has 3 nitrogen and oxygen atoms in total. The quantitative estimate of drug-likeness (QED) is 0.579. The van der Waals surface area contributed by atoms with Crippen LogP contribution in [0.4, 0.5) is 5.69 Å². The van der Waals surface area contributed by atoms with Crippen molar-refractivity contribution in [3.8, 4) is 5.75 Å². The molecule has 0 aromatic heterocycles. The Balaban J connectivity index is 0.00000128. The molecule has 0 amide bonds. The number of benzene rings is 1. The summed E-state index contributed by atoms with van der Waals surface area (Å²) in [6, 6.07) is 6.56. The third kappa shape index (κ3) is 3.45. The molecule has 1 aliphatic rings. The number of phenolic OH excluding ortho intramolecular Hbond substituents is 1. The topological polar surface area (TPSA) is 49.7 Å². The number of ketones is 1. The molecule has 0 bridgehead atoms. The normalized spacial score (nSPS) is 13.5. The third-order valence-electron chi connectivity index (χ3n) is 1.94. The molecule has 0 saturated heterocycles. The van der Waals surface area contributed by atoms with Crippen LogP contribution in [0, 0.1) is 0 Å². The number of aliphatic imine (C=N–C) groups is 1. The van der Waals surface area contributed by atoms with Crippen molar-refractivity contribution in [2.75, 3.05) is 0 Å². The summed E-state index contributed by atoms with van der Waals surface area (Å²) >= 11 is 0. The summed E-state index contributed by atoms with van der Waals surface area (Å²) in [5.41, 5.74) is 1.46. The predicted molar refractivity (Wildman–Crippen MR) is 65.6 cm³/mol. The number of allylic oxidation sites excluding steroid dienone is 4. The Hall–Kier alpha value is -1.16. The van der Waals surface area contributed by atoms with E-state index in [1.54, 1.807) is 36.4 Å². The summed E-state index contributed by atoms with van der Waals surface area (Å²) < 4.78 is 0. The first-order chi connectivity index (χ1) is 7.24. The van der Waals surface area contributed by atoms with Crippen LogP contribution >= 0.6 is 0 Å². The van der Waals surface area contributed by atoms with Crippen LogP contribution in [0.3, 0.4) is 0 Å². The van der Waals surface area contributed by atoms with Gasteiger partial charge in [0.25, 0.3) is 0 Å². The summed E-state index contributed by atoms with van der Waals surface area (Å²) in [6.07, 6.45) is 6.27. The Morgan fingerprint density at radius 3 is 2.06 bits per heavy atom. The van der Waals surface area contributed by atoms with Gasteiger partial charge in [-0.3, -0.25) is 4.79 Å². The van der Waals surface area contributed by atoms with Gasteiger partial charge >= 0.3 is 29.6 Å². The fourth-order valence-corrected chi connectivity index (χ4v) is 1.20. The zero-order valence-electron chi connectivity index (χ0n) is 7.92. The van der Waals surface area contributed by atoms with Crippen molar-refractivity contribution in [3.05, 3.63) is 48.6 Å². The van der Waals surface area contributed by atoms with Gasteiger partial charge in [-0.25, -0.2) is 4.99 Å². The first-order valence-corrected chi connectivity index (χ1v) is 4.52. The van der Waals surface area contributed by atoms with Gasteiger partial charge in [0, 0.05) is 0 Å². The average Bonchev–Trinajstić information content (AvgIpc) is 2.25. The number of carbonyl (C=O) groups is 1. The second-order valence-corrected chi connectivity index (χ2v) is 3.12. The van der Waals surface area contributed by atoms with Crippen molar-refractivity contribution in [2.24, 2.45) is 4.99 Å². The number of hydrogen-bond acceptors (Lipinski definition) is 3. The van der Waals surface area contributed by atoms with Crippen molar-refractivity contribution < 1.29 is 9.90 Å². The molecule has 1 N–H and O–H groups in total. The standard InChI is InChI=1S/C12H9NO2.Na.H/c14-11-5-1-9(2-6-11)13-10-3-7-12(15)8-4-10;;/h1-8,14H;;. The van der Waals surface area contributed by atoms with Crippen molar-refractivity contribution in [1.82, 2.24) is 0 Å². The van der Waals surface area contributed by atoms with E-state index in [1.807, 2.05) is 0 Å². The summed E-state index contributed by atoms with van der Waals surface area (Å²) in [7, 11) is 0. The molecule has 0 saturated carbocycles. The molecule has 2 rings (SSSR count). The summed E-state index contributed by atoms with van der Waals surface area (Å²) in [5, 5.41) is 9.08. The van der Waals surface area contributed by atoms with E-state index in [0.29, 0.717) is 0 Å². The zero-order chi connectivity index (χ0) is 10.7. The fraction of sp³-hybridized carbons (Fsp3) is 0. The number of nitrogens with zero attached hydrogens (tertiary/aromatic N) is 1. The van der Waals surface area contributed by atoms with E-state index in [1.165, 1.54) is 12.2 Å². The molecule has 16 heavy (non-hydrogen) atoms. The first-order valence-electron chi connectivity index (χ1n) is 4.52. The zero-order valence-corrected chi connectivity index (χ0v) is 7.92. The van der Waals surface area contributed by atoms with Gasteiger partial charge in [0.1, 0.15) is 5.75 Å². The maximum atomic E-state index is 10.8. The van der Waals surface area contributed by atoms with E-state index in [2.05, 4.69) is 4.99 Å². The maximum absolute atomic E-state index is 10.8. The molecule has 4 heteroatoms. The number of carbonyl (C=O) groups excluding carboxylic acids is 1. The molecule has 0 atom stereocenters. The SMILES string of the molecule is O=C1C=CC(=Nc2ccc(O)cc2)C=C1.[NaH]. The molecule has 76 valence electrons. The molecule has 1 aromatic carbocycles. The van der Waals surface area contributed by atoms with Crippen LogP contribution in [-0.4, -0.2) is 46.2 Å². The van der Waals surface area contributed by atoms with Crippen molar-refractivity contribution >= 4 is 46.7 Å². The van der Waals surface area contributed by atoms with E-state index < -0.39 is 0 Å². The Morgan fingerprint density at radius 2 is 1.50 bits per heavy atom. The van der Waals surface area contributed by atoms with Gasteiger partial charge in [-0.15, -0.1) is 0 Å². The van der Waals surface area contributed by atoms with Crippen molar-refractivity contribution in [2.45, 2.75) is 0 Å². The number of hydrogen-bond donors (Lipinski definition) is 1. The molecule has 1 aliphatic carbocycles. The molecule has 0 unspecified atom stereocenters. The van der Waals surface area contributed by atoms with E-state index in [0.717, 1.165) is 11.4 Å². The van der Waals surface area contributed by atoms with Gasteiger partial charge in [0.2, 0.25) is 0 Å². The molecule has 0 heterocycles. The Bertz CT molecular complexity index is 454. The van der Waals surface area contributed by atoms with Crippen LogP contribution in [0.2, 0.25) is 0 Å². The third-order valence-corrected chi connectivity index (χ3v) is 1.94. The predicted octanol–water partition coefficient (Wildman–Crippen LogP) is 1.51. The van der Waals surface area contributed by atoms with Crippen LogP contribution in [-0.2, 0) is 4.79 Å².